The summed E-state index contributed by atoms with van der Waals surface area (Å²) < 4.78 is 54.7. The Balaban J connectivity index is 1.30. The van der Waals surface area contributed by atoms with E-state index < -0.39 is 47.3 Å². The fourth-order valence-electron chi connectivity index (χ4n) is 6.17. The summed E-state index contributed by atoms with van der Waals surface area (Å²) in [4.78, 5) is 46.2. The fraction of sp³-hybridized carbons (Fsp3) is 0.548. The number of carbonyl (C=O) groups is 3. The summed E-state index contributed by atoms with van der Waals surface area (Å²) in [6, 6.07) is 4.16. The summed E-state index contributed by atoms with van der Waals surface area (Å²) in [5.74, 6) is -3.68. The molecular weight excluding hydrogens is 581 g/mol. The maximum absolute atomic E-state index is 15.0. The van der Waals surface area contributed by atoms with Crippen LogP contribution in [0.3, 0.4) is 0 Å². The number of pyridine rings is 1. The molecule has 0 radical (unpaired) electrons. The number of carboxylic acid groups (broad SMARTS) is 1. The van der Waals surface area contributed by atoms with Gasteiger partial charge in [0.2, 0.25) is 11.9 Å². The normalized spacial score (nSPS) is 20.9. The molecule has 13 heteroatoms. The van der Waals surface area contributed by atoms with Gasteiger partial charge in [-0.25, -0.2) is 23.4 Å². The van der Waals surface area contributed by atoms with Crippen LogP contribution in [0.15, 0.2) is 30.5 Å². The highest BCUT2D eigenvalue weighted by Crippen LogP contribution is 2.49. The average Bonchev–Trinajstić information content (AvgIpc) is 3.63. The molecule has 2 unspecified atom stereocenters. The Morgan fingerprint density at radius 1 is 1.09 bits per heavy atom. The molecular formula is C31H37F3N4O6. The summed E-state index contributed by atoms with van der Waals surface area (Å²) in [6.07, 6.45) is 1.97. The van der Waals surface area contributed by atoms with Gasteiger partial charge in [-0.3, -0.25) is 9.69 Å². The lowest BCUT2D eigenvalue weighted by molar-refractivity contribution is -0.134. The summed E-state index contributed by atoms with van der Waals surface area (Å²) >= 11 is 0. The van der Waals surface area contributed by atoms with Crippen molar-refractivity contribution in [1.82, 2.24) is 19.7 Å². The van der Waals surface area contributed by atoms with Crippen LogP contribution >= 0.6 is 0 Å². The van der Waals surface area contributed by atoms with Crippen LogP contribution in [-0.4, -0.2) is 87.3 Å². The largest absolute Gasteiger partial charge is 0.485 e. The Morgan fingerprint density at radius 2 is 1.77 bits per heavy atom. The van der Waals surface area contributed by atoms with Gasteiger partial charge in [0.05, 0.1) is 0 Å². The molecule has 0 bridgehead atoms. The SMILES string of the molecule is CC(C)(C)OC(=O)N(CC(=O)N1CCC2(CCN(C(=O)O)C2)CC1)C1CC1c1cc(F)cc(F)c1OCc1cccnc1F. The lowest BCUT2D eigenvalue weighted by Gasteiger charge is -2.39. The Morgan fingerprint density at radius 3 is 2.39 bits per heavy atom. The van der Waals surface area contributed by atoms with Crippen LogP contribution in [-0.2, 0) is 16.1 Å². The second-order valence-corrected chi connectivity index (χ2v) is 12.9. The molecule has 1 spiro atoms. The van der Waals surface area contributed by atoms with Crippen LogP contribution in [0.4, 0.5) is 22.8 Å². The van der Waals surface area contributed by atoms with Crippen LogP contribution < -0.4 is 4.74 Å². The van der Waals surface area contributed by atoms with Crippen molar-refractivity contribution in [2.75, 3.05) is 32.7 Å². The third-order valence-electron chi connectivity index (χ3n) is 8.62. The average molecular weight is 619 g/mol. The molecule has 1 aliphatic carbocycles. The molecule has 10 nitrogen and oxygen atoms in total. The van der Waals surface area contributed by atoms with Crippen LogP contribution in [0, 0.1) is 23.0 Å². The molecule has 3 amide bonds. The molecule has 2 saturated heterocycles. The number of piperidine rings is 1. The topological polar surface area (TPSA) is 113 Å². The van der Waals surface area contributed by atoms with Crippen molar-refractivity contribution in [1.29, 1.82) is 0 Å². The van der Waals surface area contributed by atoms with Gasteiger partial charge in [-0.2, -0.15) is 4.39 Å². The third kappa shape index (κ3) is 7.02. The number of likely N-dealkylation sites (tertiary alicyclic amines) is 2. The van der Waals surface area contributed by atoms with Crippen molar-refractivity contribution >= 4 is 18.1 Å². The van der Waals surface area contributed by atoms with Gasteiger partial charge in [0.25, 0.3) is 0 Å². The number of hydrogen-bond donors (Lipinski definition) is 1. The number of amides is 3. The smallest absolute Gasteiger partial charge is 0.411 e. The summed E-state index contributed by atoms with van der Waals surface area (Å²) in [6.45, 7) is 6.25. The zero-order chi connectivity index (χ0) is 31.8. The van der Waals surface area contributed by atoms with Gasteiger partial charge in [-0.05, 0) is 70.1 Å². The van der Waals surface area contributed by atoms with Crippen molar-refractivity contribution < 1.29 is 42.1 Å². The Labute approximate surface area is 253 Å². The number of halogens is 3. The first-order valence-corrected chi connectivity index (χ1v) is 14.7. The maximum Gasteiger partial charge on any atom is 0.411 e. The number of ether oxygens (including phenoxy) is 2. The summed E-state index contributed by atoms with van der Waals surface area (Å²) in [5.41, 5.74) is -0.752. The highest BCUT2D eigenvalue weighted by atomic mass is 19.1. The zero-order valence-corrected chi connectivity index (χ0v) is 25.0. The number of hydrogen-bond acceptors (Lipinski definition) is 6. The molecule has 3 heterocycles. The first-order valence-electron chi connectivity index (χ1n) is 14.7. The Kier molecular flexibility index (Phi) is 8.68. The fourth-order valence-corrected chi connectivity index (χ4v) is 6.17. The van der Waals surface area contributed by atoms with Gasteiger partial charge in [-0.1, -0.05) is 0 Å². The van der Waals surface area contributed by atoms with Gasteiger partial charge in [0, 0.05) is 61.5 Å². The first-order chi connectivity index (χ1) is 20.7. The van der Waals surface area contributed by atoms with Crippen molar-refractivity contribution in [3.05, 3.63) is 59.2 Å². The van der Waals surface area contributed by atoms with Crippen LogP contribution in [0.2, 0.25) is 0 Å². The minimum absolute atomic E-state index is 0.0899. The van der Waals surface area contributed by atoms with E-state index in [0.717, 1.165) is 12.5 Å². The van der Waals surface area contributed by atoms with Gasteiger partial charge < -0.3 is 24.4 Å². The maximum atomic E-state index is 15.0. The zero-order valence-electron chi connectivity index (χ0n) is 25.0. The predicted octanol–water partition coefficient (Wildman–Crippen LogP) is 5.16. The van der Waals surface area contributed by atoms with Crippen molar-refractivity contribution in [3.63, 3.8) is 0 Å². The Hall–Kier alpha value is -4.03. The number of rotatable bonds is 7. The predicted molar refractivity (Wildman–Crippen MR) is 151 cm³/mol. The third-order valence-corrected chi connectivity index (χ3v) is 8.62. The molecule has 1 aromatic heterocycles. The van der Waals surface area contributed by atoms with E-state index >= 15 is 0 Å². The molecule has 1 aromatic carbocycles. The van der Waals surface area contributed by atoms with Crippen molar-refractivity contribution in [2.45, 2.75) is 70.6 Å². The van der Waals surface area contributed by atoms with Gasteiger partial charge >= 0.3 is 12.2 Å². The van der Waals surface area contributed by atoms with Crippen LogP contribution in [0.5, 0.6) is 5.75 Å². The van der Waals surface area contributed by atoms with E-state index in [2.05, 4.69) is 4.98 Å². The number of benzene rings is 1. The highest BCUT2D eigenvalue weighted by Gasteiger charge is 2.49. The molecule has 3 fully saturated rings. The molecule has 2 aromatic rings. The monoisotopic (exact) mass is 618 g/mol. The van der Waals surface area contributed by atoms with E-state index in [1.807, 2.05) is 0 Å². The van der Waals surface area contributed by atoms with Gasteiger partial charge in [0.1, 0.15) is 24.6 Å². The second-order valence-electron chi connectivity index (χ2n) is 12.9. The molecule has 1 N–H and O–H groups in total. The van der Waals surface area contributed by atoms with E-state index in [0.29, 0.717) is 51.5 Å². The quantitative estimate of drug-likeness (QED) is 0.427. The summed E-state index contributed by atoms with van der Waals surface area (Å²) in [7, 11) is 0. The van der Waals surface area contributed by atoms with Crippen molar-refractivity contribution in [2.24, 2.45) is 5.41 Å². The first kappa shape index (κ1) is 31.4. The molecule has 238 valence electrons. The van der Waals surface area contributed by atoms with E-state index in [-0.39, 0.29) is 41.4 Å². The van der Waals surface area contributed by atoms with E-state index in [9.17, 15) is 32.7 Å². The van der Waals surface area contributed by atoms with Crippen LogP contribution in [0.1, 0.15) is 63.5 Å². The molecule has 5 rings (SSSR count). The van der Waals surface area contributed by atoms with Gasteiger partial charge in [-0.15, -0.1) is 0 Å². The number of nitrogens with zero attached hydrogens (tertiary/aromatic N) is 4. The van der Waals surface area contributed by atoms with Gasteiger partial charge in [0.15, 0.2) is 11.6 Å². The second kappa shape index (κ2) is 12.2. The molecule has 2 aliphatic heterocycles. The van der Waals surface area contributed by atoms with Crippen LogP contribution in [0.25, 0.3) is 0 Å². The summed E-state index contributed by atoms with van der Waals surface area (Å²) in [5, 5.41) is 9.35. The van der Waals surface area contributed by atoms with E-state index in [1.165, 1.54) is 28.1 Å². The van der Waals surface area contributed by atoms with Crippen molar-refractivity contribution in [3.8, 4) is 5.75 Å². The van der Waals surface area contributed by atoms with E-state index in [1.54, 1.807) is 25.7 Å². The minimum atomic E-state index is -0.967. The van der Waals surface area contributed by atoms with E-state index in [4.69, 9.17) is 9.47 Å². The molecule has 2 atom stereocenters. The minimum Gasteiger partial charge on any atom is -0.485 e. The lowest BCUT2D eigenvalue weighted by atomic mass is 9.78. The Bertz CT molecular complexity index is 1430. The molecule has 1 saturated carbocycles. The number of carbonyl (C=O) groups excluding carboxylic acids is 2. The molecule has 3 aliphatic rings. The lowest BCUT2D eigenvalue weighted by Crippen LogP contribution is -2.50. The highest BCUT2D eigenvalue weighted by molar-refractivity contribution is 5.83. The number of aromatic nitrogens is 1. The standard InChI is InChI=1S/C31H37F3N4O6/c1-30(2,3)44-29(42)38(16-25(39)36-10-6-31(7-11-36)8-12-37(18-31)28(40)41)24-15-21(24)22-13-20(32)14-23(33)26(22)43-17-19-5-4-9-35-27(19)34/h4-5,9,13-14,21,24H,6-8,10-12,15-18H2,1-3H3,(H,40,41). The molecule has 44 heavy (non-hydrogen) atoms.